The van der Waals surface area contributed by atoms with Gasteiger partial charge in [0.1, 0.15) is 0 Å². The van der Waals surface area contributed by atoms with Gasteiger partial charge in [0, 0.05) is 19.6 Å². The summed E-state index contributed by atoms with van der Waals surface area (Å²) in [6.45, 7) is 5.48. The Kier molecular flexibility index (Phi) is 4.55. The van der Waals surface area contributed by atoms with Crippen molar-refractivity contribution in [1.82, 2.24) is 9.62 Å². The first-order valence-corrected chi connectivity index (χ1v) is 7.20. The van der Waals surface area contributed by atoms with Gasteiger partial charge >= 0.3 is 0 Å². The summed E-state index contributed by atoms with van der Waals surface area (Å²) < 4.78 is 25.1. The molecule has 0 radical (unpaired) electrons. The molecule has 4 nitrogen and oxygen atoms in total. The van der Waals surface area contributed by atoms with Crippen molar-refractivity contribution in [3.63, 3.8) is 0 Å². The highest BCUT2D eigenvalue weighted by Crippen LogP contribution is 2.10. The topological polar surface area (TPSA) is 49.4 Å². The van der Waals surface area contributed by atoms with Crippen molar-refractivity contribution < 1.29 is 8.42 Å². The maximum atomic E-state index is 11.8. The van der Waals surface area contributed by atoms with E-state index in [9.17, 15) is 8.42 Å². The molecule has 1 heterocycles. The van der Waals surface area contributed by atoms with Gasteiger partial charge in [-0.2, -0.15) is 0 Å². The summed E-state index contributed by atoms with van der Waals surface area (Å²) in [4.78, 5) is 0. The third-order valence-corrected chi connectivity index (χ3v) is 4.85. The molecule has 0 spiro atoms. The molecular formula is C10H22N2O2S. The lowest BCUT2D eigenvalue weighted by Crippen LogP contribution is -2.40. The monoisotopic (exact) mass is 234 g/mol. The number of nitrogens with one attached hydrogen (secondary N) is 1. The predicted octanol–water partition coefficient (Wildman–Crippen LogP) is 0.656. The van der Waals surface area contributed by atoms with E-state index in [1.54, 1.807) is 7.05 Å². The maximum Gasteiger partial charge on any atom is 0.214 e. The van der Waals surface area contributed by atoms with Crippen molar-refractivity contribution in [2.24, 2.45) is 5.92 Å². The van der Waals surface area contributed by atoms with Gasteiger partial charge in [-0.25, -0.2) is 12.7 Å². The van der Waals surface area contributed by atoms with Gasteiger partial charge < -0.3 is 5.32 Å². The minimum absolute atomic E-state index is 0.189. The van der Waals surface area contributed by atoms with Crippen molar-refractivity contribution in [1.29, 1.82) is 0 Å². The Bertz CT molecular complexity index is 282. The average molecular weight is 234 g/mol. The van der Waals surface area contributed by atoms with E-state index in [4.69, 9.17) is 0 Å². The SMILES string of the molecule is CC(C)CS(=O)(=O)N(C)CC1CCCN1. The fraction of sp³-hybridized carbons (Fsp3) is 1.00. The zero-order valence-electron chi connectivity index (χ0n) is 9.86. The lowest BCUT2D eigenvalue weighted by molar-refractivity contribution is 0.414. The minimum Gasteiger partial charge on any atom is -0.313 e. The molecule has 1 atom stereocenters. The Balaban J connectivity index is 2.47. The highest BCUT2D eigenvalue weighted by atomic mass is 32.2. The van der Waals surface area contributed by atoms with Gasteiger partial charge in [-0.3, -0.25) is 0 Å². The smallest absolute Gasteiger partial charge is 0.214 e. The molecule has 0 aliphatic carbocycles. The average Bonchev–Trinajstić information content (AvgIpc) is 2.54. The molecule has 0 aromatic carbocycles. The molecule has 0 bridgehead atoms. The first-order chi connectivity index (χ1) is 6.92. The van der Waals surface area contributed by atoms with Gasteiger partial charge in [-0.15, -0.1) is 0 Å². The normalized spacial score (nSPS) is 22.9. The minimum atomic E-state index is -3.05. The molecule has 0 amide bonds. The summed E-state index contributed by atoms with van der Waals surface area (Å²) in [6, 6.07) is 0.344. The summed E-state index contributed by atoms with van der Waals surface area (Å²) in [7, 11) is -1.38. The maximum absolute atomic E-state index is 11.8. The summed E-state index contributed by atoms with van der Waals surface area (Å²) in [5.41, 5.74) is 0. The van der Waals surface area contributed by atoms with Crippen molar-refractivity contribution in [2.45, 2.75) is 32.7 Å². The zero-order chi connectivity index (χ0) is 11.5. The second-order valence-corrected chi connectivity index (χ2v) is 6.87. The Hall–Kier alpha value is -0.130. The van der Waals surface area contributed by atoms with Crippen LogP contribution < -0.4 is 5.32 Å². The molecule has 5 heteroatoms. The van der Waals surface area contributed by atoms with Crippen LogP contribution in [0.25, 0.3) is 0 Å². The lowest BCUT2D eigenvalue weighted by atomic mass is 10.2. The van der Waals surface area contributed by atoms with Crippen LogP contribution >= 0.6 is 0 Å². The van der Waals surface area contributed by atoms with Crippen molar-refractivity contribution in [3.8, 4) is 0 Å². The van der Waals surface area contributed by atoms with E-state index in [0.29, 0.717) is 12.6 Å². The van der Waals surface area contributed by atoms with E-state index in [2.05, 4.69) is 5.32 Å². The molecule has 1 N–H and O–H groups in total. The molecule has 1 fully saturated rings. The van der Waals surface area contributed by atoms with E-state index in [1.165, 1.54) is 4.31 Å². The van der Waals surface area contributed by atoms with Crippen molar-refractivity contribution >= 4 is 10.0 Å². The fourth-order valence-electron chi connectivity index (χ4n) is 1.88. The van der Waals surface area contributed by atoms with Crippen LogP contribution in [0.15, 0.2) is 0 Å². The predicted molar refractivity (Wildman–Crippen MR) is 62.3 cm³/mol. The molecular weight excluding hydrogens is 212 g/mol. The number of likely N-dealkylation sites (N-methyl/N-ethyl adjacent to an activating group) is 1. The number of rotatable bonds is 5. The molecule has 1 rings (SSSR count). The molecule has 15 heavy (non-hydrogen) atoms. The van der Waals surface area contributed by atoms with Gasteiger partial charge in [0.05, 0.1) is 5.75 Å². The summed E-state index contributed by atoms with van der Waals surface area (Å²) >= 11 is 0. The molecule has 1 saturated heterocycles. The Morgan fingerprint density at radius 1 is 1.47 bits per heavy atom. The number of sulfonamides is 1. The number of hydrogen-bond donors (Lipinski definition) is 1. The van der Waals surface area contributed by atoms with Gasteiger partial charge in [0.2, 0.25) is 10.0 Å². The Labute approximate surface area is 93.1 Å². The lowest BCUT2D eigenvalue weighted by Gasteiger charge is -2.21. The largest absolute Gasteiger partial charge is 0.313 e. The van der Waals surface area contributed by atoms with Crippen LogP contribution in [0.3, 0.4) is 0 Å². The third-order valence-electron chi connectivity index (χ3n) is 2.66. The van der Waals surface area contributed by atoms with Gasteiger partial charge in [0.25, 0.3) is 0 Å². The van der Waals surface area contributed by atoms with E-state index in [-0.39, 0.29) is 11.7 Å². The van der Waals surface area contributed by atoms with Crippen LogP contribution in [0.4, 0.5) is 0 Å². The number of nitrogens with zero attached hydrogens (tertiary/aromatic N) is 1. The van der Waals surface area contributed by atoms with Crippen molar-refractivity contribution in [3.05, 3.63) is 0 Å². The third kappa shape index (κ3) is 4.09. The first-order valence-electron chi connectivity index (χ1n) is 5.59. The molecule has 0 aromatic heterocycles. The highest BCUT2D eigenvalue weighted by Gasteiger charge is 2.24. The van der Waals surface area contributed by atoms with Crippen LogP contribution in [0, 0.1) is 5.92 Å². The molecule has 1 aliphatic heterocycles. The highest BCUT2D eigenvalue weighted by molar-refractivity contribution is 7.89. The quantitative estimate of drug-likeness (QED) is 0.760. The zero-order valence-corrected chi connectivity index (χ0v) is 10.7. The van der Waals surface area contributed by atoms with Crippen LogP contribution in [0.2, 0.25) is 0 Å². The van der Waals surface area contributed by atoms with Gasteiger partial charge in [-0.1, -0.05) is 13.8 Å². The van der Waals surface area contributed by atoms with Crippen LogP contribution in [0.1, 0.15) is 26.7 Å². The van der Waals surface area contributed by atoms with E-state index >= 15 is 0 Å². The molecule has 90 valence electrons. The van der Waals surface area contributed by atoms with Crippen LogP contribution in [-0.4, -0.2) is 44.7 Å². The number of hydrogen-bond acceptors (Lipinski definition) is 3. The standard InChI is InChI=1S/C10H22N2O2S/c1-9(2)8-15(13,14)12(3)7-10-5-4-6-11-10/h9-11H,4-8H2,1-3H3. The fourth-order valence-corrected chi connectivity index (χ4v) is 3.39. The molecule has 0 saturated carbocycles. The molecule has 1 unspecified atom stereocenters. The van der Waals surface area contributed by atoms with Crippen LogP contribution in [0.5, 0.6) is 0 Å². The molecule has 1 aliphatic rings. The van der Waals surface area contributed by atoms with Crippen LogP contribution in [-0.2, 0) is 10.0 Å². The van der Waals surface area contributed by atoms with Gasteiger partial charge in [0.15, 0.2) is 0 Å². The Morgan fingerprint density at radius 3 is 2.60 bits per heavy atom. The summed E-state index contributed by atoms with van der Waals surface area (Å²) in [5, 5.41) is 3.31. The van der Waals surface area contributed by atoms with E-state index in [0.717, 1.165) is 19.4 Å². The second kappa shape index (κ2) is 5.27. The second-order valence-electron chi connectivity index (χ2n) is 4.75. The van der Waals surface area contributed by atoms with E-state index in [1.807, 2.05) is 13.8 Å². The first kappa shape index (κ1) is 12.9. The summed E-state index contributed by atoms with van der Waals surface area (Å²) in [6.07, 6.45) is 2.24. The summed E-state index contributed by atoms with van der Waals surface area (Å²) in [5.74, 6) is 0.435. The van der Waals surface area contributed by atoms with Crippen molar-refractivity contribution in [2.75, 3.05) is 25.9 Å². The van der Waals surface area contributed by atoms with E-state index < -0.39 is 10.0 Å². The van der Waals surface area contributed by atoms with Gasteiger partial charge in [-0.05, 0) is 25.3 Å². The molecule has 0 aromatic rings. The Morgan fingerprint density at radius 2 is 2.13 bits per heavy atom.